The van der Waals surface area contributed by atoms with Gasteiger partial charge in [0.05, 0.1) is 21.8 Å². The van der Waals surface area contributed by atoms with Gasteiger partial charge in [0.1, 0.15) is 6.10 Å². The highest BCUT2D eigenvalue weighted by Crippen LogP contribution is 2.32. The first kappa shape index (κ1) is 19.1. The minimum Gasteiger partial charge on any atom is -0.439 e. The number of aromatic nitrogens is 2. The molecule has 28 heavy (non-hydrogen) atoms. The molecule has 1 amide bonds. The Kier molecular flexibility index (Phi) is 5.71. The van der Waals surface area contributed by atoms with Gasteiger partial charge in [0.2, 0.25) is 0 Å². The van der Waals surface area contributed by atoms with Gasteiger partial charge in [-0.25, -0.2) is 4.79 Å². The molecule has 0 aliphatic carbocycles. The predicted octanol–water partition coefficient (Wildman–Crippen LogP) is 5.30. The van der Waals surface area contributed by atoms with Gasteiger partial charge in [-0.05, 0) is 55.3 Å². The topological polar surface area (TPSA) is 79.0 Å². The van der Waals surface area contributed by atoms with Gasteiger partial charge in [-0.3, -0.25) is 10.4 Å². The summed E-state index contributed by atoms with van der Waals surface area (Å²) < 4.78 is 5.83. The van der Waals surface area contributed by atoms with Gasteiger partial charge < -0.3 is 10.1 Å². The largest absolute Gasteiger partial charge is 0.439 e. The van der Waals surface area contributed by atoms with Crippen molar-refractivity contribution in [2.24, 2.45) is 0 Å². The molecular weight excluding hydrogens is 399 g/mol. The summed E-state index contributed by atoms with van der Waals surface area (Å²) in [5.41, 5.74) is 2.36. The molecule has 0 radical (unpaired) electrons. The number of anilines is 1. The number of ether oxygens (including phenoxy) is 1. The summed E-state index contributed by atoms with van der Waals surface area (Å²) >= 11 is 12.2. The molecule has 0 saturated carbocycles. The number of hydrogen-bond acceptors (Lipinski definition) is 4. The normalized spacial score (nSPS) is 18.0. The number of piperidine rings is 1. The van der Waals surface area contributed by atoms with Crippen molar-refractivity contribution in [3.8, 4) is 0 Å². The average molecular weight is 419 g/mol. The van der Waals surface area contributed by atoms with Gasteiger partial charge in [0.15, 0.2) is 0 Å². The number of amides is 1. The van der Waals surface area contributed by atoms with Gasteiger partial charge in [-0.2, -0.15) is 5.10 Å². The first-order chi connectivity index (χ1) is 13.6. The van der Waals surface area contributed by atoms with Crippen molar-refractivity contribution in [1.82, 2.24) is 15.5 Å². The van der Waals surface area contributed by atoms with E-state index in [1.807, 2.05) is 18.2 Å². The second-order valence-electron chi connectivity index (χ2n) is 6.85. The highest BCUT2D eigenvalue weighted by atomic mass is 35.5. The SMILES string of the molecule is O=C(Nc1ccc2[nH]ncc2c1)O[C@H](c1ccc(Cl)c(Cl)c1)[C@@H]1CCCCN1. The smallest absolute Gasteiger partial charge is 0.412 e. The third kappa shape index (κ3) is 4.24. The van der Waals surface area contributed by atoms with Gasteiger partial charge in [-0.15, -0.1) is 0 Å². The number of aromatic amines is 1. The number of H-pyrrole nitrogens is 1. The van der Waals surface area contributed by atoms with E-state index in [0.717, 1.165) is 42.3 Å². The van der Waals surface area contributed by atoms with E-state index >= 15 is 0 Å². The standard InChI is InChI=1S/C20H20Cl2N4O2/c21-15-6-4-12(10-16(15)22)19(18-3-1-2-8-23-18)28-20(27)25-14-5-7-17-13(9-14)11-24-26-17/h4-7,9-11,18-19,23H,1-3,8H2,(H,24,26)(H,25,27)/t18-,19+/m0/s1. The zero-order valence-corrected chi connectivity index (χ0v) is 16.6. The number of hydrogen-bond donors (Lipinski definition) is 3. The van der Waals surface area contributed by atoms with E-state index in [1.165, 1.54) is 0 Å². The van der Waals surface area contributed by atoms with Crippen LogP contribution in [0.25, 0.3) is 10.9 Å². The Hall–Kier alpha value is -2.28. The first-order valence-corrected chi connectivity index (χ1v) is 9.95. The highest BCUT2D eigenvalue weighted by Gasteiger charge is 2.29. The molecule has 146 valence electrons. The number of carbonyl (C=O) groups excluding carboxylic acids is 1. The summed E-state index contributed by atoms with van der Waals surface area (Å²) in [6.07, 6.45) is 3.83. The molecule has 1 aliphatic heterocycles. The predicted molar refractivity (Wildman–Crippen MR) is 111 cm³/mol. The molecule has 4 rings (SSSR count). The lowest BCUT2D eigenvalue weighted by Gasteiger charge is -2.31. The van der Waals surface area contributed by atoms with Crippen LogP contribution in [0.15, 0.2) is 42.6 Å². The van der Waals surface area contributed by atoms with Crippen molar-refractivity contribution in [3.05, 3.63) is 58.2 Å². The van der Waals surface area contributed by atoms with E-state index in [0.29, 0.717) is 15.7 Å². The highest BCUT2D eigenvalue weighted by molar-refractivity contribution is 6.42. The van der Waals surface area contributed by atoms with Crippen LogP contribution < -0.4 is 10.6 Å². The number of halogens is 2. The molecule has 2 heterocycles. The molecule has 0 spiro atoms. The molecule has 0 bridgehead atoms. The Morgan fingerprint density at radius 2 is 2.07 bits per heavy atom. The van der Waals surface area contributed by atoms with Gasteiger partial charge in [0.25, 0.3) is 0 Å². The van der Waals surface area contributed by atoms with Crippen molar-refractivity contribution in [2.45, 2.75) is 31.4 Å². The number of rotatable bonds is 4. The molecule has 0 unspecified atom stereocenters. The maximum atomic E-state index is 12.6. The van der Waals surface area contributed by atoms with E-state index in [1.54, 1.807) is 24.4 Å². The summed E-state index contributed by atoms with van der Waals surface area (Å²) in [4.78, 5) is 12.6. The molecule has 8 heteroatoms. The Morgan fingerprint density at radius 1 is 1.18 bits per heavy atom. The fourth-order valence-electron chi connectivity index (χ4n) is 3.49. The summed E-state index contributed by atoms with van der Waals surface area (Å²) in [6.45, 7) is 0.893. The maximum absolute atomic E-state index is 12.6. The van der Waals surface area contributed by atoms with Gasteiger partial charge in [-0.1, -0.05) is 35.7 Å². The number of nitrogens with zero attached hydrogens (tertiary/aromatic N) is 1. The van der Waals surface area contributed by atoms with Crippen LogP contribution in [0, 0.1) is 0 Å². The van der Waals surface area contributed by atoms with Crippen LogP contribution in [0.5, 0.6) is 0 Å². The van der Waals surface area contributed by atoms with Crippen molar-refractivity contribution < 1.29 is 9.53 Å². The second kappa shape index (κ2) is 8.39. The minimum absolute atomic E-state index is 0.0214. The Bertz CT molecular complexity index is 985. The Balaban J connectivity index is 1.53. The van der Waals surface area contributed by atoms with Crippen molar-refractivity contribution in [1.29, 1.82) is 0 Å². The monoisotopic (exact) mass is 418 g/mol. The van der Waals surface area contributed by atoms with E-state index < -0.39 is 12.2 Å². The molecule has 1 fully saturated rings. The summed E-state index contributed by atoms with van der Waals surface area (Å²) in [7, 11) is 0. The van der Waals surface area contributed by atoms with Crippen molar-refractivity contribution in [3.63, 3.8) is 0 Å². The third-order valence-electron chi connectivity index (χ3n) is 4.91. The number of nitrogens with one attached hydrogen (secondary N) is 3. The maximum Gasteiger partial charge on any atom is 0.412 e. The van der Waals surface area contributed by atoms with E-state index in [2.05, 4.69) is 20.8 Å². The third-order valence-corrected chi connectivity index (χ3v) is 5.65. The lowest BCUT2D eigenvalue weighted by Crippen LogP contribution is -2.41. The molecule has 3 aromatic rings. The molecule has 1 aliphatic rings. The van der Waals surface area contributed by atoms with Crippen LogP contribution >= 0.6 is 23.2 Å². The lowest BCUT2D eigenvalue weighted by molar-refractivity contribution is 0.0763. The Labute approximate surface area is 172 Å². The van der Waals surface area contributed by atoms with Gasteiger partial charge >= 0.3 is 6.09 Å². The molecule has 1 aromatic heterocycles. The van der Waals surface area contributed by atoms with E-state index in [4.69, 9.17) is 27.9 Å². The van der Waals surface area contributed by atoms with Crippen LogP contribution in [0.3, 0.4) is 0 Å². The first-order valence-electron chi connectivity index (χ1n) is 9.19. The molecule has 6 nitrogen and oxygen atoms in total. The lowest BCUT2D eigenvalue weighted by atomic mass is 9.95. The fraction of sp³-hybridized carbons (Fsp3) is 0.300. The molecular formula is C20H20Cl2N4O2. The van der Waals surface area contributed by atoms with Crippen molar-refractivity contribution in [2.75, 3.05) is 11.9 Å². The summed E-state index contributed by atoms with van der Waals surface area (Å²) in [5.74, 6) is 0. The molecule has 1 saturated heterocycles. The fourth-order valence-corrected chi connectivity index (χ4v) is 3.80. The van der Waals surface area contributed by atoms with Crippen LogP contribution in [-0.2, 0) is 4.74 Å². The van der Waals surface area contributed by atoms with Crippen LogP contribution in [0.2, 0.25) is 10.0 Å². The van der Waals surface area contributed by atoms with Crippen LogP contribution in [-0.4, -0.2) is 28.9 Å². The summed E-state index contributed by atoms with van der Waals surface area (Å²) in [5, 5.41) is 14.9. The molecule has 2 atom stereocenters. The molecule has 3 N–H and O–H groups in total. The molecule has 2 aromatic carbocycles. The van der Waals surface area contributed by atoms with Crippen LogP contribution in [0.1, 0.15) is 30.9 Å². The Morgan fingerprint density at radius 3 is 2.86 bits per heavy atom. The minimum atomic E-state index is -0.522. The zero-order valence-electron chi connectivity index (χ0n) is 15.0. The summed E-state index contributed by atoms with van der Waals surface area (Å²) in [6, 6.07) is 10.9. The quantitative estimate of drug-likeness (QED) is 0.536. The number of benzene rings is 2. The number of fused-ring (bicyclic) bond motifs is 1. The second-order valence-corrected chi connectivity index (χ2v) is 7.67. The number of carbonyl (C=O) groups is 1. The van der Waals surface area contributed by atoms with E-state index in [9.17, 15) is 4.79 Å². The van der Waals surface area contributed by atoms with E-state index in [-0.39, 0.29) is 6.04 Å². The van der Waals surface area contributed by atoms with Crippen LogP contribution in [0.4, 0.5) is 10.5 Å². The average Bonchev–Trinajstić information content (AvgIpc) is 3.17. The zero-order chi connectivity index (χ0) is 19.5. The van der Waals surface area contributed by atoms with Crippen molar-refractivity contribution >= 4 is 45.9 Å². The van der Waals surface area contributed by atoms with Gasteiger partial charge in [0, 0.05) is 17.1 Å².